The zero-order chi connectivity index (χ0) is 10.5. The lowest BCUT2D eigenvalue weighted by Gasteiger charge is -2.59. The van der Waals surface area contributed by atoms with Crippen LogP contribution in [0.3, 0.4) is 0 Å². The van der Waals surface area contributed by atoms with Gasteiger partial charge in [0.05, 0.1) is 10.6 Å². The highest BCUT2D eigenvalue weighted by Gasteiger charge is 2.62. The van der Waals surface area contributed by atoms with Crippen LogP contribution in [-0.4, -0.2) is 16.8 Å². The second kappa shape index (κ2) is 3.26. The average molecular weight is 223 g/mol. The first-order valence-electron chi connectivity index (χ1n) is 6.31. The Balaban J connectivity index is 1.80. The van der Waals surface area contributed by atoms with Crippen molar-refractivity contribution in [3.8, 4) is 0 Å². The molecule has 0 N–H and O–H groups in total. The first-order valence-corrected chi connectivity index (χ1v) is 7.54. The Bertz CT molecular complexity index is 304. The van der Waals surface area contributed by atoms with Crippen molar-refractivity contribution in [2.24, 2.45) is 16.3 Å². The molecule has 2 atom stereocenters. The van der Waals surface area contributed by atoms with Crippen molar-refractivity contribution in [3.05, 3.63) is 0 Å². The Kier molecular flexibility index (Phi) is 2.21. The van der Waals surface area contributed by atoms with Crippen LogP contribution in [0.2, 0.25) is 0 Å². The van der Waals surface area contributed by atoms with Gasteiger partial charge in [0, 0.05) is 6.42 Å². The van der Waals surface area contributed by atoms with Gasteiger partial charge in [-0.2, -0.15) is 0 Å². The van der Waals surface area contributed by atoms with E-state index in [9.17, 15) is 0 Å². The summed E-state index contributed by atoms with van der Waals surface area (Å²) in [5.41, 5.74) is 1.06. The van der Waals surface area contributed by atoms with E-state index >= 15 is 0 Å². The Labute approximate surface area is 97.1 Å². The lowest BCUT2D eigenvalue weighted by molar-refractivity contribution is -0.0680. The Hall–Kier alpha value is 0.0200. The molecule has 0 amide bonds. The van der Waals surface area contributed by atoms with Gasteiger partial charge < -0.3 is 0 Å². The highest BCUT2D eigenvalue weighted by atomic mass is 32.2. The number of fused-ring (bicyclic) bond motifs is 2. The van der Waals surface area contributed by atoms with Crippen LogP contribution in [0.5, 0.6) is 0 Å². The van der Waals surface area contributed by atoms with E-state index in [-0.39, 0.29) is 0 Å². The van der Waals surface area contributed by atoms with E-state index in [0.717, 1.165) is 5.92 Å². The van der Waals surface area contributed by atoms with Gasteiger partial charge in [0.25, 0.3) is 0 Å². The molecule has 84 valence electrons. The lowest BCUT2D eigenvalue weighted by Crippen LogP contribution is -2.57. The third kappa shape index (κ3) is 1.33. The van der Waals surface area contributed by atoms with Crippen molar-refractivity contribution in [3.63, 3.8) is 0 Å². The summed E-state index contributed by atoms with van der Waals surface area (Å²) in [6.45, 7) is 2.39. The molecular weight excluding hydrogens is 202 g/mol. The molecule has 0 bridgehead atoms. The molecule has 2 aliphatic carbocycles. The van der Waals surface area contributed by atoms with E-state index in [2.05, 4.69) is 13.2 Å². The monoisotopic (exact) mass is 223 g/mol. The maximum atomic E-state index is 4.94. The van der Waals surface area contributed by atoms with E-state index in [0.29, 0.717) is 11.0 Å². The van der Waals surface area contributed by atoms with Crippen molar-refractivity contribution in [2.75, 3.05) is 6.26 Å². The second-order valence-electron chi connectivity index (χ2n) is 5.92. The maximum Gasteiger partial charge on any atom is 0.0684 e. The molecule has 1 spiro atoms. The highest BCUT2D eigenvalue weighted by Crippen LogP contribution is 2.66. The number of aliphatic imine (C=N–C) groups is 1. The quantitative estimate of drug-likeness (QED) is 0.607. The smallest absolute Gasteiger partial charge is 0.0684 e. The highest BCUT2D eigenvalue weighted by molar-refractivity contribution is 8.13. The summed E-state index contributed by atoms with van der Waals surface area (Å²) in [6, 6.07) is 0. The molecule has 1 aliphatic heterocycles. The minimum atomic E-state index is 0.343. The fourth-order valence-corrected chi connectivity index (χ4v) is 5.09. The summed E-state index contributed by atoms with van der Waals surface area (Å²) in [4.78, 5) is 4.94. The Morgan fingerprint density at radius 1 is 1.27 bits per heavy atom. The molecule has 2 unspecified atom stereocenters. The summed E-state index contributed by atoms with van der Waals surface area (Å²) in [6.07, 6.45) is 12.3. The van der Waals surface area contributed by atoms with Crippen LogP contribution in [-0.2, 0) is 0 Å². The molecule has 0 aromatic carbocycles. The van der Waals surface area contributed by atoms with Crippen LogP contribution >= 0.6 is 11.8 Å². The van der Waals surface area contributed by atoms with Gasteiger partial charge >= 0.3 is 0 Å². The van der Waals surface area contributed by atoms with Gasteiger partial charge in [-0.05, 0) is 43.8 Å². The number of rotatable bonds is 0. The van der Waals surface area contributed by atoms with Gasteiger partial charge in [0.2, 0.25) is 0 Å². The SMILES string of the molecule is CSC1=NC2(C)CC3(CCCCC3)C2C1. The van der Waals surface area contributed by atoms with E-state index < -0.39 is 0 Å². The van der Waals surface area contributed by atoms with Crippen LogP contribution in [0, 0.1) is 11.3 Å². The number of thioether (sulfide) groups is 1. The van der Waals surface area contributed by atoms with Crippen LogP contribution in [0.1, 0.15) is 51.9 Å². The minimum Gasteiger partial charge on any atom is -0.276 e. The summed E-state index contributed by atoms with van der Waals surface area (Å²) in [5.74, 6) is 0.896. The molecule has 3 aliphatic rings. The summed E-state index contributed by atoms with van der Waals surface area (Å²) in [5, 5.41) is 1.42. The van der Waals surface area contributed by atoms with Gasteiger partial charge in [0.15, 0.2) is 0 Å². The van der Waals surface area contributed by atoms with Gasteiger partial charge in [-0.15, -0.1) is 11.8 Å². The molecule has 0 saturated heterocycles. The topological polar surface area (TPSA) is 12.4 Å². The van der Waals surface area contributed by atoms with E-state index in [1.165, 1.54) is 50.0 Å². The fraction of sp³-hybridized carbons (Fsp3) is 0.923. The normalized spacial score (nSPS) is 42.3. The van der Waals surface area contributed by atoms with Gasteiger partial charge in [0.1, 0.15) is 0 Å². The lowest BCUT2D eigenvalue weighted by atomic mass is 9.46. The molecule has 3 rings (SSSR count). The summed E-state index contributed by atoms with van der Waals surface area (Å²) in [7, 11) is 0. The van der Waals surface area contributed by atoms with Crippen LogP contribution in [0.4, 0.5) is 0 Å². The van der Waals surface area contributed by atoms with Crippen molar-refractivity contribution in [1.82, 2.24) is 0 Å². The van der Waals surface area contributed by atoms with Gasteiger partial charge in [-0.1, -0.05) is 19.3 Å². The van der Waals surface area contributed by atoms with E-state index in [1.54, 1.807) is 0 Å². The van der Waals surface area contributed by atoms with E-state index in [4.69, 9.17) is 4.99 Å². The summed E-state index contributed by atoms with van der Waals surface area (Å²) >= 11 is 1.88. The molecular formula is C13H21NS. The molecule has 0 radical (unpaired) electrons. The fourth-order valence-electron chi connectivity index (χ4n) is 4.46. The molecule has 1 heterocycles. The first-order chi connectivity index (χ1) is 7.19. The van der Waals surface area contributed by atoms with Crippen LogP contribution in [0.25, 0.3) is 0 Å². The van der Waals surface area contributed by atoms with Crippen molar-refractivity contribution in [2.45, 2.75) is 57.4 Å². The molecule has 2 fully saturated rings. The standard InChI is InChI=1S/C13H21NS/c1-12-9-13(6-4-3-5-7-13)10(12)8-11(14-12)15-2/h10H,3-9H2,1-2H3. The maximum absolute atomic E-state index is 4.94. The predicted molar refractivity (Wildman–Crippen MR) is 67.6 cm³/mol. The first kappa shape index (κ1) is 10.2. The predicted octanol–water partition coefficient (Wildman–Crippen LogP) is 3.88. The zero-order valence-corrected chi connectivity index (χ0v) is 10.7. The second-order valence-corrected chi connectivity index (χ2v) is 6.80. The molecule has 0 aromatic heterocycles. The summed E-state index contributed by atoms with van der Waals surface area (Å²) < 4.78 is 0. The van der Waals surface area contributed by atoms with Crippen LogP contribution < -0.4 is 0 Å². The molecule has 15 heavy (non-hydrogen) atoms. The molecule has 1 nitrogen and oxygen atoms in total. The third-order valence-corrected chi connectivity index (χ3v) is 5.77. The van der Waals surface area contributed by atoms with Crippen LogP contribution in [0.15, 0.2) is 4.99 Å². The Morgan fingerprint density at radius 2 is 2.00 bits per heavy atom. The zero-order valence-electron chi connectivity index (χ0n) is 9.88. The number of hydrogen-bond donors (Lipinski definition) is 0. The molecule has 0 aromatic rings. The molecule has 2 saturated carbocycles. The van der Waals surface area contributed by atoms with Gasteiger partial charge in [-0.3, -0.25) is 4.99 Å². The Morgan fingerprint density at radius 3 is 2.67 bits per heavy atom. The van der Waals surface area contributed by atoms with E-state index in [1.807, 2.05) is 11.8 Å². The number of hydrogen-bond acceptors (Lipinski definition) is 2. The van der Waals surface area contributed by atoms with Gasteiger partial charge in [-0.25, -0.2) is 0 Å². The van der Waals surface area contributed by atoms with Crippen molar-refractivity contribution < 1.29 is 0 Å². The third-order valence-electron chi connectivity index (χ3n) is 5.04. The van der Waals surface area contributed by atoms with Crippen molar-refractivity contribution in [1.29, 1.82) is 0 Å². The number of nitrogens with zero attached hydrogens (tertiary/aromatic N) is 1. The average Bonchev–Trinajstić information content (AvgIpc) is 2.52. The molecule has 2 heteroatoms. The largest absolute Gasteiger partial charge is 0.276 e. The minimum absolute atomic E-state index is 0.343. The van der Waals surface area contributed by atoms with Crippen molar-refractivity contribution >= 4 is 16.8 Å².